The van der Waals surface area contributed by atoms with E-state index >= 15 is 0 Å². The number of esters is 1. The van der Waals surface area contributed by atoms with Gasteiger partial charge in [0.15, 0.2) is 0 Å². The highest BCUT2D eigenvalue weighted by Crippen LogP contribution is 2.32. The van der Waals surface area contributed by atoms with Crippen LogP contribution in [0.5, 0.6) is 0 Å². The van der Waals surface area contributed by atoms with Gasteiger partial charge < -0.3 is 9.64 Å². The van der Waals surface area contributed by atoms with Gasteiger partial charge in [-0.1, -0.05) is 19.3 Å². The maximum absolute atomic E-state index is 13.6. The average molecular weight is 479 g/mol. The van der Waals surface area contributed by atoms with E-state index in [2.05, 4.69) is 4.74 Å². The molecule has 2 aliphatic rings. The second-order valence-corrected chi connectivity index (χ2v) is 8.63. The first-order valence-electron chi connectivity index (χ1n) is 11.4. The predicted octanol–water partition coefficient (Wildman–Crippen LogP) is 3.49. The number of nitro groups is 1. The molecule has 4 rings (SSSR count). The lowest BCUT2D eigenvalue weighted by Gasteiger charge is -2.37. The number of non-ortho nitro benzene ring substituents is 1. The van der Waals surface area contributed by atoms with Crippen LogP contribution in [0.3, 0.4) is 0 Å². The molecule has 2 fully saturated rings. The molecule has 1 saturated heterocycles. The standard InChI is InChI=1S/C25H25N3O7/c1-35-25(32)17-9-11-19(12-10-17)27-22(29)15-21(24(27)31)26(18-5-3-2-4-6-18)23(30)16-7-13-20(14-8-16)28(33)34/h7-14,18,21H,2-6,15H2,1H3. The van der Waals surface area contributed by atoms with Crippen LogP contribution in [0.4, 0.5) is 11.4 Å². The van der Waals surface area contributed by atoms with E-state index in [1.165, 1.54) is 60.5 Å². The van der Waals surface area contributed by atoms with Crippen LogP contribution in [0, 0.1) is 10.1 Å². The Balaban J connectivity index is 1.64. The van der Waals surface area contributed by atoms with Gasteiger partial charge in [-0.15, -0.1) is 0 Å². The zero-order valence-corrected chi connectivity index (χ0v) is 19.2. The van der Waals surface area contributed by atoms with Gasteiger partial charge in [-0.25, -0.2) is 9.69 Å². The van der Waals surface area contributed by atoms with Crippen molar-refractivity contribution in [2.75, 3.05) is 12.0 Å². The summed E-state index contributed by atoms with van der Waals surface area (Å²) < 4.78 is 4.68. The molecule has 0 spiro atoms. The first-order valence-corrected chi connectivity index (χ1v) is 11.4. The lowest BCUT2D eigenvalue weighted by molar-refractivity contribution is -0.384. The van der Waals surface area contributed by atoms with Crippen molar-refractivity contribution >= 4 is 35.1 Å². The molecule has 2 aromatic carbocycles. The van der Waals surface area contributed by atoms with E-state index in [0.29, 0.717) is 18.5 Å². The number of carbonyl (C=O) groups excluding carboxylic acids is 4. The fourth-order valence-corrected chi connectivity index (χ4v) is 4.76. The first-order chi connectivity index (χ1) is 16.8. The van der Waals surface area contributed by atoms with Crippen LogP contribution >= 0.6 is 0 Å². The number of ether oxygens (including phenoxy) is 1. The summed E-state index contributed by atoms with van der Waals surface area (Å²) in [6, 6.07) is 9.99. The number of hydrogen-bond donors (Lipinski definition) is 0. The molecular weight excluding hydrogens is 454 g/mol. The molecule has 2 aromatic rings. The maximum atomic E-state index is 13.6. The molecule has 35 heavy (non-hydrogen) atoms. The fourth-order valence-electron chi connectivity index (χ4n) is 4.76. The van der Waals surface area contributed by atoms with E-state index < -0.39 is 34.7 Å². The molecule has 1 unspecified atom stereocenters. The number of nitro benzene ring substituents is 1. The van der Waals surface area contributed by atoms with Gasteiger partial charge >= 0.3 is 5.97 Å². The first kappa shape index (κ1) is 24.1. The van der Waals surface area contributed by atoms with Gasteiger partial charge in [-0.2, -0.15) is 0 Å². The van der Waals surface area contributed by atoms with Crippen molar-refractivity contribution in [1.29, 1.82) is 0 Å². The summed E-state index contributed by atoms with van der Waals surface area (Å²) in [5.41, 5.74) is 0.673. The Labute approximate surface area is 201 Å². The van der Waals surface area contributed by atoms with E-state index in [-0.39, 0.29) is 29.3 Å². The lowest BCUT2D eigenvalue weighted by atomic mass is 9.92. The minimum atomic E-state index is -0.978. The predicted molar refractivity (Wildman–Crippen MR) is 125 cm³/mol. The van der Waals surface area contributed by atoms with Crippen LogP contribution in [0.2, 0.25) is 0 Å². The molecule has 10 heteroatoms. The minimum Gasteiger partial charge on any atom is -0.465 e. The van der Waals surface area contributed by atoms with Gasteiger partial charge in [0.25, 0.3) is 17.5 Å². The Bertz CT molecular complexity index is 1150. The number of nitrogens with zero attached hydrogens (tertiary/aromatic N) is 3. The molecule has 1 atom stereocenters. The van der Waals surface area contributed by atoms with Crippen LogP contribution in [0.1, 0.15) is 59.2 Å². The van der Waals surface area contributed by atoms with Crippen molar-refractivity contribution in [2.45, 2.75) is 50.6 Å². The van der Waals surface area contributed by atoms with Gasteiger partial charge in [-0.05, 0) is 49.2 Å². The third-order valence-electron chi connectivity index (χ3n) is 6.53. The average Bonchev–Trinajstić information content (AvgIpc) is 3.17. The van der Waals surface area contributed by atoms with Gasteiger partial charge in [0.2, 0.25) is 5.91 Å². The van der Waals surface area contributed by atoms with E-state index in [4.69, 9.17) is 0 Å². The van der Waals surface area contributed by atoms with Crippen molar-refractivity contribution < 1.29 is 28.8 Å². The maximum Gasteiger partial charge on any atom is 0.337 e. The van der Waals surface area contributed by atoms with E-state index in [1.807, 2.05) is 0 Å². The molecule has 0 aromatic heterocycles. The molecule has 3 amide bonds. The Kier molecular flexibility index (Phi) is 6.90. The lowest BCUT2D eigenvalue weighted by Crippen LogP contribution is -2.51. The number of imide groups is 1. The molecule has 182 valence electrons. The molecule has 0 bridgehead atoms. The van der Waals surface area contributed by atoms with Gasteiger partial charge in [0.1, 0.15) is 6.04 Å². The quantitative estimate of drug-likeness (QED) is 0.269. The number of benzene rings is 2. The number of hydrogen-bond acceptors (Lipinski definition) is 7. The molecule has 1 heterocycles. The second kappa shape index (κ2) is 10.0. The molecule has 0 radical (unpaired) electrons. The highest BCUT2D eigenvalue weighted by molar-refractivity contribution is 6.23. The largest absolute Gasteiger partial charge is 0.465 e. The minimum absolute atomic E-state index is 0.139. The van der Waals surface area contributed by atoms with Gasteiger partial charge in [0, 0.05) is 23.7 Å². The number of rotatable bonds is 6. The molecule has 10 nitrogen and oxygen atoms in total. The topological polar surface area (TPSA) is 127 Å². The summed E-state index contributed by atoms with van der Waals surface area (Å²) in [4.78, 5) is 64.7. The Hall–Kier alpha value is -4.08. The summed E-state index contributed by atoms with van der Waals surface area (Å²) in [5, 5.41) is 11.0. The van der Waals surface area contributed by atoms with Crippen LogP contribution in [0.25, 0.3) is 0 Å². The normalized spacial score (nSPS) is 18.4. The van der Waals surface area contributed by atoms with Crippen LogP contribution < -0.4 is 4.90 Å². The fraction of sp³-hybridized carbons (Fsp3) is 0.360. The summed E-state index contributed by atoms with van der Waals surface area (Å²) in [5.74, 6) is -1.92. The highest BCUT2D eigenvalue weighted by Gasteiger charge is 2.46. The van der Waals surface area contributed by atoms with E-state index in [0.717, 1.165) is 24.2 Å². The summed E-state index contributed by atoms with van der Waals surface area (Å²) in [7, 11) is 1.26. The van der Waals surface area contributed by atoms with Crippen molar-refractivity contribution in [1.82, 2.24) is 4.90 Å². The van der Waals surface area contributed by atoms with Crippen LogP contribution in [0.15, 0.2) is 48.5 Å². The second-order valence-electron chi connectivity index (χ2n) is 8.63. The number of carbonyl (C=O) groups is 4. The Morgan fingerprint density at radius 3 is 2.14 bits per heavy atom. The molecule has 0 N–H and O–H groups in total. The Morgan fingerprint density at radius 1 is 0.971 bits per heavy atom. The molecule has 1 saturated carbocycles. The van der Waals surface area contributed by atoms with E-state index in [9.17, 15) is 29.3 Å². The third-order valence-corrected chi connectivity index (χ3v) is 6.53. The van der Waals surface area contributed by atoms with Crippen LogP contribution in [-0.4, -0.2) is 52.7 Å². The Morgan fingerprint density at radius 2 is 1.57 bits per heavy atom. The molecule has 1 aliphatic heterocycles. The number of anilines is 1. The molecular formula is C25H25N3O7. The van der Waals surface area contributed by atoms with Crippen molar-refractivity contribution in [3.8, 4) is 0 Å². The number of methoxy groups -OCH3 is 1. The van der Waals surface area contributed by atoms with Crippen molar-refractivity contribution in [2.24, 2.45) is 0 Å². The summed E-state index contributed by atoms with van der Waals surface area (Å²) in [6.45, 7) is 0. The zero-order valence-electron chi connectivity index (χ0n) is 19.2. The van der Waals surface area contributed by atoms with Crippen molar-refractivity contribution in [3.05, 3.63) is 69.8 Å². The number of amides is 3. The smallest absolute Gasteiger partial charge is 0.337 e. The third kappa shape index (κ3) is 4.77. The highest BCUT2D eigenvalue weighted by atomic mass is 16.6. The zero-order chi connectivity index (χ0) is 25.1. The monoisotopic (exact) mass is 479 g/mol. The van der Waals surface area contributed by atoms with Gasteiger partial charge in [0.05, 0.1) is 29.7 Å². The molecule has 1 aliphatic carbocycles. The van der Waals surface area contributed by atoms with Crippen molar-refractivity contribution in [3.63, 3.8) is 0 Å². The summed E-state index contributed by atoms with van der Waals surface area (Å²) >= 11 is 0. The SMILES string of the molecule is COC(=O)c1ccc(N2C(=O)CC(N(C(=O)c3ccc([N+](=O)[O-])cc3)C3CCCCC3)C2=O)cc1. The van der Waals surface area contributed by atoms with E-state index in [1.54, 1.807) is 0 Å². The summed E-state index contributed by atoms with van der Waals surface area (Å²) in [6.07, 6.45) is 4.11. The van der Waals surface area contributed by atoms with Crippen LogP contribution in [-0.2, 0) is 14.3 Å². The van der Waals surface area contributed by atoms with Gasteiger partial charge in [-0.3, -0.25) is 24.5 Å².